The molecule has 0 aliphatic heterocycles. The molecule has 0 unspecified atom stereocenters. The Morgan fingerprint density at radius 3 is 1.88 bits per heavy atom. The van der Waals surface area contributed by atoms with Crippen molar-refractivity contribution >= 4 is 14.6 Å². The molecule has 2 aromatic carbocycles. The lowest BCUT2D eigenvalue weighted by molar-refractivity contribution is -0.134. The van der Waals surface area contributed by atoms with Crippen LogP contribution in [0.25, 0.3) is 0 Å². The van der Waals surface area contributed by atoms with Crippen molar-refractivity contribution in [3.05, 3.63) is 60.7 Å². The summed E-state index contributed by atoms with van der Waals surface area (Å²) < 4.78 is 16.9. The van der Waals surface area contributed by atoms with Crippen molar-refractivity contribution in [2.24, 2.45) is 5.92 Å². The number of carbonyl (C=O) groups excluding carboxylic acids is 1. The van der Waals surface area contributed by atoms with Gasteiger partial charge in [0.25, 0.3) is 0 Å². The van der Waals surface area contributed by atoms with Gasteiger partial charge in [-0.05, 0) is 36.6 Å². The Morgan fingerprint density at radius 2 is 1.40 bits per heavy atom. The van der Waals surface area contributed by atoms with E-state index in [0.717, 1.165) is 19.3 Å². The van der Waals surface area contributed by atoms with Crippen molar-refractivity contribution in [1.82, 2.24) is 0 Å². The molecular formula is C20H25O4P. The molecule has 2 rings (SSSR count). The lowest BCUT2D eigenvalue weighted by Crippen LogP contribution is -2.07. The van der Waals surface area contributed by atoms with Gasteiger partial charge in [-0.1, -0.05) is 63.1 Å². The number of benzene rings is 2. The maximum absolute atomic E-state index is 12.1. The van der Waals surface area contributed by atoms with Crippen molar-refractivity contribution in [2.45, 2.75) is 39.5 Å². The summed E-state index contributed by atoms with van der Waals surface area (Å²) in [4.78, 5) is 12.1. The van der Waals surface area contributed by atoms with Gasteiger partial charge in [0.2, 0.25) is 0 Å². The largest absolute Gasteiger partial charge is 0.532 e. The van der Waals surface area contributed by atoms with Gasteiger partial charge < -0.3 is 13.6 Å². The van der Waals surface area contributed by atoms with Crippen LogP contribution in [-0.2, 0) is 9.32 Å². The molecule has 0 atom stereocenters. The van der Waals surface area contributed by atoms with Gasteiger partial charge in [0, 0.05) is 6.42 Å². The van der Waals surface area contributed by atoms with Gasteiger partial charge >= 0.3 is 14.6 Å². The molecule has 134 valence electrons. The van der Waals surface area contributed by atoms with Gasteiger partial charge in [-0.2, -0.15) is 0 Å². The number of hydrogen-bond acceptors (Lipinski definition) is 4. The van der Waals surface area contributed by atoms with E-state index >= 15 is 0 Å². The van der Waals surface area contributed by atoms with Gasteiger partial charge in [0.1, 0.15) is 11.5 Å². The Kier molecular flexibility index (Phi) is 8.27. The maximum Gasteiger partial charge on any atom is 0.532 e. The molecule has 0 saturated heterocycles. The second kappa shape index (κ2) is 10.7. The van der Waals surface area contributed by atoms with Crippen LogP contribution in [0.2, 0.25) is 0 Å². The van der Waals surface area contributed by atoms with Crippen molar-refractivity contribution < 1.29 is 18.4 Å². The van der Waals surface area contributed by atoms with Crippen LogP contribution in [-0.4, -0.2) is 5.97 Å². The molecule has 0 aliphatic carbocycles. The van der Waals surface area contributed by atoms with Crippen LogP contribution >= 0.6 is 8.60 Å². The SMILES string of the molecule is CC(C)CCCCC(=O)OP(Oc1ccccc1)Oc1ccccc1. The Bertz CT molecular complexity index is 575. The van der Waals surface area contributed by atoms with Crippen LogP contribution in [0.1, 0.15) is 39.5 Å². The maximum atomic E-state index is 12.1. The van der Waals surface area contributed by atoms with E-state index in [9.17, 15) is 4.79 Å². The minimum Gasteiger partial charge on any atom is -0.408 e. The van der Waals surface area contributed by atoms with E-state index in [0.29, 0.717) is 23.8 Å². The van der Waals surface area contributed by atoms with Crippen molar-refractivity contribution in [3.8, 4) is 11.5 Å². The Labute approximate surface area is 151 Å². The van der Waals surface area contributed by atoms with E-state index in [1.807, 2.05) is 36.4 Å². The monoisotopic (exact) mass is 360 g/mol. The summed E-state index contributed by atoms with van der Waals surface area (Å²) in [6, 6.07) is 18.5. The zero-order chi connectivity index (χ0) is 17.9. The topological polar surface area (TPSA) is 44.8 Å². The molecule has 0 bridgehead atoms. The van der Waals surface area contributed by atoms with Crippen molar-refractivity contribution in [2.75, 3.05) is 0 Å². The first kappa shape index (κ1) is 19.3. The molecule has 5 heteroatoms. The third kappa shape index (κ3) is 8.04. The molecule has 4 nitrogen and oxygen atoms in total. The Balaban J connectivity index is 1.90. The summed E-state index contributed by atoms with van der Waals surface area (Å²) >= 11 is 0. The molecule has 0 amide bonds. The van der Waals surface area contributed by atoms with E-state index < -0.39 is 8.60 Å². The van der Waals surface area contributed by atoms with Crippen LogP contribution in [0.3, 0.4) is 0 Å². The number of para-hydroxylation sites is 2. The molecular weight excluding hydrogens is 335 g/mol. The summed E-state index contributed by atoms with van der Waals surface area (Å²) in [7, 11) is -1.84. The van der Waals surface area contributed by atoms with Gasteiger partial charge in [-0.15, -0.1) is 0 Å². The molecule has 0 aliphatic rings. The highest BCUT2D eigenvalue weighted by atomic mass is 31.2. The van der Waals surface area contributed by atoms with Gasteiger partial charge in [0.05, 0.1) is 0 Å². The summed E-state index contributed by atoms with van der Waals surface area (Å²) in [6.45, 7) is 4.36. The second-order valence-electron chi connectivity index (χ2n) is 6.14. The molecule has 0 radical (unpaired) electrons. The normalized spacial score (nSPS) is 10.7. The van der Waals surface area contributed by atoms with Crippen molar-refractivity contribution in [3.63, 3.8) is 0 Å². The summed E-state index contributed by atoms with van der Waals surface area (Å²) in [6.07, 6.45) is 3.32. The van der Waals surface area contributed by atoms with E-state index in [2.05, 4.69) is 13.8 Å². The van der Waals surface area contributed by atoms with Crippen LogP contribution in [0.5, 0.6) is 11.5 Å². The molecule has 25 heavy (non-hydrogen) atoms. The molecule has 0 spiro atoms. The van der Waals surface area contributed by atoms with Gasteiger partial charge in [0.15, 0.2) is 0 Å². The predicted molar refractivity (Wildman–Crippen MR) is 100 cm³/mol. The Morgan fingerprint density at radius 1 is 0.880 bits per heavy atom. The van der Waals surface area contributed by atoms with E-state index in [1.165, 1.54) is 0 Å². The third-order valence-corrected chi connectivity index (χ3v) is 4.51. The molecule has 0 heterocycles. The highest BCUT2D eigenvalue weighted by molar-refractivity contribution is 7.43. The highest BCUT2D eigenvalue weighted by Crippen LogP contribution is 2.41. The molecule has 0 saturated carbocycles. The minimum absolute atomic E-state index is 0.290. The highest BCUT2D eigenvalue weighted by Gasteiger charge is 2.22. The van der Waals surface area contributed by atoms with Crippen molar-refractivity contribution in [1.29, 1.82) is 0 Å². The van der Waals surface area contributed by atoms with E-state index in [1.54, 1.807) is 24.3 Å². The van der Waals surface area contributed by atoms with Crippen LogP contribution in [0.4, 0.5) is 0 Å². The average Bonchev–Trinajstić information content (AvgIpc) is 2.60. The number of rotatable bonds is 10. The lowest BCUT2D eigenvalue weighted by atomic mass is 10.1. The average molecular weight is 360 g/mol. The second-order valence-corrected chi connectivity index (χ2v) is 7.13. The number of unbranched alkanes of at least 4 members (excludes halogenated alkanes) is 1. The molecule has 0 fully saturated rings. The fourth-order valence-corrected chi connectivity index (χ4v) is 3.10. The quantitative estimate of drug-likeness (QED) is 0.377. The first-order chi connectivity index (χ1) is 12.1. The zero-order valence-electron chi connectivity index (χ0n) is 14.8. The van der Waals surface area contributed by atoms with Crippen LogP contribution in [0.15, 0.2) is 60.7 Å². The number of hydrogen-bond donors (Lipinski definition) is 0. The van der Waals surface area contributed by atoms with E-state index in [-0.39, 0.29) is 5.97 Å². The molecule has 2 aromatic rings. The Hall–Kier alpha value is -2.06. The van der Waals surface area contributed by atoms with Crippen LogP contribution in [0, 0.1) is 5.92 Å². The fourth-order valence-electron chi connectivity index (χ4n) is 2.14. The van der Waals surface area contributed by atoms with E-state index in [4.69, 9.17) is 13.6 Å². The standard InChI is InChI=1S/C20H25O4P/c1-17(2)11-9-10-16-20(21)24-25(22-18-12-5-3-6-13-18)23-19-14-7-4-8-15-19/h3-8,12-15,17H,9-11,16H2,1-2H3. The molecule has 0 aromatic heterocycles. The summed E-state index contributed by atoms with van der Waals surface area (Å²) in [5, 5.41) is 0. The first-order valence-corrected chi connectivity index (χ1v) is 9.70. The van der Waals surface area contributed by atoms with Gasteiger partial charge in [-0.3, -0.25) is 4.79 Å². The lowest BCUT2D eigenvalue weighted by Gasteiger charge is -2.17. The first-order valence-electron chi connectivity index (χ1n) is 8.60. The number of carbonyl (C=O) groups is 1. The predicted octanol–water partition coefficient (Wildman–Crippen LogP) is 6.13. The summed E-state index contributed by atoms with van der Waals surface area (Å²) in [5.74, 6) is 1.58. The van der Waals surface area contributed by atoms with Crippen LogP contribution < -0.4 is 9.05 Å². The molecule has 0 N–H and O–H groups in total. The third-order valence-electron chi connectivity index (χ3n) is 3.44. The fraction of sp³-hybridized carbons (Fsp3) is 0.350. The zero-order valence-corrected chi connectivity index (χ0v) is 15.7. The minimum atomic E-state index is -1.84. The van der Waals surface area contributed by atoms with Gasteiger partial charge in [-0.25, -0.2) is 0 Å². The smallest absolute Gasteiger partial charge is 0.408 e. The summed E-state index contributed by atoms with van der Waals surface area (Å²) in [5.41, 5.74) is 0.